The Morgan fingerprint density at radius 3 is 3.00 bits per heavy atom. The van der Waals surface area contributed by atoms with Crippen molar-refractivity contribution in [3.05, 3.63) is 33.7 Å². The second-order valence-electron chi connectivity index (χ2n) is 3.51. The number of hydrogen-bond acceptors (Lipinski definition) is 4. The Morgan fingerprint density at radius 1 is 1.47 bits per heavy atom. The summed E-state index contributed by atoms with van der Waals surface area (Å²) in [6, 6.07) is 5.93. The molecule has 2 aromatic rings. The van der Waals surface area contributed by atoms with Gasteiger partial charge in [0.2, 0.25) is 0 Å². The van der Waals surface area contributed by atoms with Gasteiger partial charge in [-0.2, -0.15) is 0 Å². The maximum absolute atomic E-state index is 5.35. The molecule has 0 fully saturated rings. The first-order valence-electron chi connectivity index (χ1n) is 5.18. The van der Waals surface area contributed by atoms with Crippen molar-refractivity contribution < 1.29 is 4.74 Å². The van der Waals surface area contributed by atoms with E-state index in [1.807, 2.05) is 31.4 Å². The Labute approximate surface area is 113 Å². The van der Waals surface area contributed by atoms with Crippen LogP contribution in [0.2, 0.25) is 0 Å². The van der Waals surface area contributed by atoms with Crippen LogP contribution in [-0.2, 0) is 6.54 Å². The number of hydrogen-bond donors (Lipinski definition) is 1. The first kappa shape index (κ1) is 12.5. The van der Waals surface area contributed by atoms with Gasteiger partial charge in [0.15, 0.2) is 0 Å². The zero-order chi connectivity index (χ0) is 12.3. The highest BCUT2D eigenvalue weighted by molar-refractivity contribution is 9.10. The zero-order valence-electron chi connectivity index (χ0n) is 9.66. The molecule has 90 valence electrons. The largest absolute Gasteiger partial charge is 0.496 e. The monoisotopic (exact) mass is 312 g/mol. The first-order valence-corrected chi connectivity index (χ1v) is 6.78. The smallest absolute Gasteiger partial charge is 0.129 e. The standard InChI is InChI=1S/C12H13BrN2OS/c1-14-6-9-7-15-12(17-9)10-5-8(13)3-4-11(10)16-2/h3-5,7,14H,6H2,1-2H3. The number of ether oxygens (including phenoxy) is 1. The lowest BCUT2D eigenvalue weighted by molar-refractivity contribution is 0.416. The number of methoxy groups -OCH3 is 1. The van der Waals surface area contributed by atoms with E-state index in [0.29, 0.717) is 0 Å². The van der Waals surface area contributed by atoms with E-state index in [2.05, 4.69) is 26.2 Å². The van der Waals surface area contributed by atoms with E-state index in [0.717, 1.165) is 27.3 Å². The van der Waals surface area contributed by atoms with Gasteiger partial charge in [0, 0.05) is 22.1 Å². The third-order valence-corrected chi connectivity index (χ3v) is 3.82. The maximum atomic E-state index is 5.35. The molecule has 0 atom stereocenters. The van der Waals surface area contributed by atoms with Gasteiger partial charge in [-0.05, 0) is 25.2 Å². The molecule has 0 unspecified atom stereocenters. The summed E-state index contributed by atoms with van der Waals surface area (Å²) in [6.45, 7) is 0.841. The van der Waals surface area contributed by atoms with Crippen LogP contribution in [0.1, 0.15) is 4.88 Å². The molecule has 0 spiro atoms. The van der Waals surface area contributed by atoms with Crippen molar-refractivity contribution in [3.8, 4) is 16.3 Å². The van der Waals surface area contributed by atoms with E-state index in [9.17, 15) is 0 Å². The average Bonchev–Trinajstić information content (AvgIpc) is 2.78. The summed E-state index contributed by atoms with van der Waals surface area (Å²) >= 11 is 5.14. The normalized spacial score (nSPS) is 10.5. The molecule has 0 saturated carbocycles. The molecule has 0 aliphatic carbocycles. The molecule has 0 radical (unpaired) electrons. The Bertz CT molecular complexity index is 513. The molecule has 0 saturated heterocycles. The SMILES string of the molecule is CNCc1cnc(-c2cc(Br)ccc2OC)s1. The summed E-state index contributed by atoms with van der Waals surface area (Å²) in [5.41, 5.74) is 1.02. The quantitative estimate of drug-likeness (QED) is 0.940. The summed E-state index contributed by atoms with van der Waals surface area (Å²) in [5, 5.41) is 4.10. The molecular formula is C12H13BrN2OS. The molecule has 0 amide bonds. The average molecular weight is 313 g/mol. The Hall–Kier alpha value is -0.910. The number of benzene rings is 1. The van der Waals surface area contributed by atoms with E-state index in [4.69, 9.17) is 4.74 Å². The molecule has 0 aliphatic heterocycles. The van der Waals surface area contributed by atoms with E-state index < -0.39 is 0 Å². The van der Waals surface area contributed by atoms with Crippen molar-refractivity contribution in [1.82, 2.24) is 10.3 Å². The number of aromatic nitrogens is 1. The second kappa shape index (κ2) is 5.62. The lowest BCUT2D eigenvalue weighted by Gasteiger charge is -2.05. The lowest BCUT2D eigenvalue weighted by Crippen LogP contribution is -2.02. The van der Waals surface area contributed by atoms with Crippen molar-refractivity contribution in [1.29, 1.82) is 0 Å². The molecule has 1 aromatic carbocycles. The van der Waals surface area contributed by atoms with E-state index >= 15 is 0 Å². The Morgan fingerprint density at radius 2 is 2.29 bits per heavy atom. The lowest BCUT2D eigenvalue weighted by atomic mass is 10.2. The molecule has 2 rings (SSSR count). The summed E-state index contributed by atoms with van der Waals surface area (Å²) in [6.07, 6.45) is 1.90. The minimum Gasteiger partial charge on any atom is -0.496 e. The molecule has 3 nitrogen and oxygen atoms in total. The van der Waals surface area contributed by atoms with Crippen LogP contribution in [0.3, 0.4) is 0 Å². The highest BCUT2D eigenvalue weighted by Crippen LogP contribution is 2.34. The predicted molar refractivity (Wildman–Crippen MR) is 74.6 cm³/mol. The van der Waals surface area contributed by atoms with E-state index in [-0.39, 0.29) is 0 Å². The summed E-state index contributed by atoms with van der Waals surface area (Å²) in [5.74, 6) is 0.846. The van der Waals surface area contributed by atoms with Crippen LogP contribution in [0.5, 0.6) is 5.75 Å². The van der Waals surface area contributed by atoms with Gasteiger partial charge in [0.25, 0.3) is 0 Å². The first-order chi connectivity index (χ1) is 8.24. The van der Waals surface area contributed by atoms with Gasteiger partial charge in [-0.3, -0.25) is 0 Å². The molecule has 1 aromatic heterocycles. The number of rotatable bonds is 4. The van der Waals surface area contributed by atoms with Gasteiger partial charge in [-0.1, -0.05) is 15.9 Å². The van der Waals surface area contributed by atoms with Gasteiger partial charge in [0.05, 0.1) is 12.7 Å². The van der Waals surface area contributed by atoms with Crippen LogP contribution in [-0.4, -0.2) is 19.1 Å². The fourth-order valence-electron chi connectivity index (χ4n) is 1.54. The molecule has 1 N–H and O–H groups in total. The van der Waals surface area contributed by atoms with Crippen LogP contribution in [0, 0.1) is 0 Å². The van der Waals surface area contributed by atoms with Crippen LogP contribution in [0.25, 0.3) is 10.6 Å². The fraction of sp³-hybridized carbons (Fsp3) is 0.250. The predicted octanol–water partition coefficient (Wildman–Crippen LogP) is 3.30. The van der Waals surface area contributed by atoms with Crippen LogP contribution < -0.4 is 10.1 Å². The van der Waals surface area contributed by atoms with Crippen LogP contribution in [0.4, 0.5) is 0 Å². The third-order valence-electron chi connectivity index (χ3n) is 2.30. The second-order valence-corrected chi connectivity index (χ2v) is 5.54. The van der Waals surface area contributed by atoms with Crippen LogP contribution >= 0.6 is 27.3 Å². The van der Waals surface area contributed by atoms with Gasteiger partial charge >= 0.3 is 0 Å². The number of halogens is 1. The fourth-order valence-corrected chi connectivity index (χ4v) is 2.84. The van der Waals surface area contributed by atoms with Crippen molar-refractivity contribution >= 4 is 27.3 Å². The van der Waals surface area contributed by atoms with E-state index in [1.54, 1.807) is 18.4 Å². The molecular weight excluding hydrogens is 300 g/mol. The molecule has 17 heavy (non-hydrogen) atoms. The molecule has 5 heteroatoms. The van der Waals surface area contributed by atoms with Gasteiger partial charge < -0.3 is 10.1 Å². The van der Waals surface area contributed by atoms with Crippen molar-refractivity contribution in [3.63, 3.8) is 0 Å². The van der Waals surface area contributed by atoms with Crippen molar-refractivity contribution in [2.24, 2.45) is 0 Å². The minimum atomic E-state index is 0.841. The van der Waals surface area contributed by atoms with Crippen LogP contribution in [0.15, 0.2) is 28.9 Å². The maximum Gasteiger partial charge on any atom is 0.129 e. The number of thiazole rings is 1. The van der Waals surface area contributed by atoms with E-state index in [1.165, 1.54) is 4.88 Å². The highest BCUT2D eigenvalue weighted by Gasteiger charge is 2.10. The minimum absolute atomic E-state index is 0.841. The summed E-state index contributed by atoms with van der Waals surface area (Å²) < 4.78 is 6.38. The third kappa shape index (κ3) is 2.86. The molecule has 0 aliphatic rings. The zero-order valence-corrected chi connectivity index (χ0v) is 12.1. The Balaban J connectivity index is 2.40. The number of nitrogens with zero attached hydrogens (tertiary/aromatic N) is 1. The van der Waals surface area contributed by atoms with Gasteiger partial charge in [-0.25, -0.2) is 4.98 Å². The molecule has 1 heterocycles. The van der Waals surface area contributed by atoms with Gasteiger partial charge in [-0.15, -0.1) is 11.3 Å². The summed E-state index contributed by atoms with van der Waals surface area (Å²) in [7, 11) is 3.61. The van der Waals surface area contributed by atoms with Crippen molar-refractivity contribution in [2.45, 2.75) is 6.54 Å². The topological polar surface area (TPSA) is 34.2 Å². The van der Waals surface area contributed by atoms with Gasteiger partial charge in [0.1, 0.15) is 10.8 Å². The highest BCUT2D eigenvalue weighted by atomic mass is 79.9. The Kier molecular flexibility index (Phi) is 4.15. The van der Waals surface area contributed by atoms with Crippen molar-refractivity contribution in [2.75, 3.05) is 14.2 Å². The number of nitrogens with one attached hydrogen (secondary N) is 1. The summed E-state index contributed by atoms with van der Waals surface area (Å²) in [4.78, 5) is 5.64. The molecule has 0 bridgehead atoms.